The molecule has 0 spiro atoms. The van der Waals surface area contributed by atoms with E-state index >= 15 is 0 Å². The maximum Gasteiger partial charge on any atom is 0.0386 e. The fourth-order valence-corrected chi connectivity index (χ4v) is 2.42. The van der Waals surface area contributed by atoms with Gasteiger partial charge in [-0.3, -0.25) is 4.90 Å². The minimum atomic E-state index is 0.299. The summed E-state index contributed by atoms with van der Waals surface area (Å²) in [6.07, 6.45) is 1.18. The van der Waals surface area contributed by atoms with E-state index in [-0.39, 0.29) is 0 Å². The Morgan fingerprint density at radius 2 is 2.18 bits per heavy atom. The van der Waals surface area contributed by atoms with Crippen LogP contribution in [0.15, 0.2) is 17.5 Å². The molecular weight excluding hydrogens is 228 g/mol. The predicted octanol–water partition coefficient (Wildman–Crippen LogP) is 3.52. The van der Waals surface area contributed by atoms with Crippen molar-refractivity contribution in [3.8, 4) is 0 Å². The highest BCUT2D eigenvalue weighted by Gasteiger charge is 2.20. The van der Waals surface area contributed by atoms with Gasteiger partial charge in [-0.15, -0.1) is 11.3 Å². The van der Waals surface area contributed by atoms with Gasteiger partial charge in [0.2, 0.25) is 0 Å². The van der Waals surface area contributed by atoms with Crippen LogP contribution in [0.1, 0.15) is 45.0 Å². The van der Waals surface area contributed by atoms with Crippen LogP contribution in [0.5, 0.6) is 0 Å². The molecular formula is C14H26N2S. The van der Waals surface area contributed by atoms with Crippen LogP contribution < -0.4 is 5.32 Å². The largest absolute Gasteiger partial charge is 0.308 e. The lowest BCUT2D eigenvalue weighted by molar-refractivity contribution is 0.151. The summed E-state index contributed by atoms with van der Waals surface area (Å²) in [5.41, 5.74) is 0.299. The molecule has 2 nitrogen and oxygen atoms in total. The Bertz CT molecular complexity index is 306. The summed E-state index contributed by atoms with van der Waals surface area (Å²) < 4.78 is 0. The van der Waals surface area contributed by atoms with Crippen molar-refractivity contribution < 1.29 is 0 Å². The van der Waals surface area contributed by atoms with Gasteiger partial charge in [-0.2, -0.15) is 0 Å². The first-order valence-corrected chi connectivity index (χ1v) is 7.33. The van der Waals surface area contributed by atoms with E-state index in [4.69, 9.17) is 0 Å². The minimum absolute atomic E-state index is 0.299. The van der Waals surface area contributed by atoms with Crippen molar-refractivity contribution in [3.63, 3.8) is 0 Å². The van der Waals surface area contributed by atoms with Crippen molar-refractivity contribution in [1.82, 2.24) is 10.2 Å². The molecule has 0 bridgehead atoms. The molecule has 0 aliphatic carbocycles. The predicted molar refractivity (Wildman–Crippen MR) is 77.7 cm³/mol. The molecule has 1 N–H and O–H groups in total. The second kappa shape index (κ2) is 6.53. The lowest BCUT2D eigenvalue weighted by Crippen LogP contribution is -2.44. The summed E-state index contributed by atoms with van der Waals surface area (Å²) in [6, 6.07) is 4.78. The maximum atomic E-state index is 3.58. The number of hydrogen-bond acceptors (Lipinski definition) is 3. The standard InChI is InChI=1S/C14H26N2S/c1-6-14(3,4)16(5)10-9-15-12(2)13-8-7-11-17-13/h7-8,11-12,15H,6,9-10H2,1-5H3. The van der Waals surface area contributed by atoms with Crippen LogP contribution >= 0.6 is 11.3 Å². The van der Waals surface area contributed by atoms with Crippen molar-refractivity contribution >= 4 is 11.3 Å². The first kappa shape index (κ1) is 14.7. The molecule has 0 radical (unpaired) electrons. The molecule has 0 aliphatic heterocycles. The monoisotopic (exact) mass is 254 g/mol. The summed E-state index contributed by atoms with van der Waals surface area (Å²) in [6.45, 7) is 11.2. The smallest absolute Gasteiger partial charge is 0.0386 e. The van der Waals surface area contributed by atoms with E-state index < -0.39 is 0 Å². The zero-order valence-corrected chi connectivity index (χ0v) is 12.6. The molecule has 17 heavy (non-hydrogen) atoms. The minimum Gasteiger partial charge on any atom is -0.308 e. The van der Waals surface area contributed by atoms with Gasteiger partial charge in [-0.25, -0.2) is 0 Å². The Balaban J connectivity index is 2.28. The van der Waals surface area contributed by atoms with E-state index in [2.05, 4.69) is 62.5 Å². The third kappa shape index (κ3) is 4.41. The Labute approximate surface area is 110 Å². The van der Waals surface area contributed by atoms with Crippen LogP contribution in [-0.4, -0.2) is 30.6 Å². The average Bonchev–Trinajstić information content (AvgIpc) is 2.82. The second-order valence-corrected chi connectivity index (χ2v) is 6.26. The van der Waals surface area contributed by atoms with E-state index in [0.717, 1.165) is 13.1 Å². The van der Waals surface area contributed by atoms with Crippen LogP contribution in [0.4, 0.5) is 0 Å². The van der Waals surface area contributed by atoms with Crippen LogP contribution in [0.25, 0.3) is 0 Å². The summed E-state index contributed by atoms with van der Waals surface area (Å²) in [5.74, 6) is 0. The van der Waals surface area contributed by atoms with E-state index in [1.807, 2.05) is 11.3 Å². The quantitative estimate of drug-likeness (QED) is 0.801. The molecule has 0 amide bonds. The summed E-state index contributed by atoms with van der Waals surface area (Å²) >= 11 is 1.82. The molecule has 1 aromatic rings. The zero-order chi connectivity index (χ0) is 12.9. The van der Waals surface area contributed by atoms with Gasteiger partial charge in [-0.05, 0) is 45.7 Å². The Hall–Kier alpha value is -0.380. The van der Waals surface area contributed by atoms with Gasteiger partial charge >= 0.3 is 0 Å². The van der Waals surface area contributed by atoms with Gasteiger partial charge in [0, 0.05) is 29.5 Å². The van der Waals surface area contributed by atoms with Crippen molar-refractivity contribution in [2.24, 2.45) is 0 Å². The first-order valence-electron chi connectivity index (χ1n) is 6.45. The molecule has 0 saturated heterocycles. The van der Waals surface area contributed by atoms with Crippen molar-refractivity contribution in [2.45, 2.75) is 45.7 Å². The molecule has 0 fully saturated rings. The van der Waals surface area contributed by atoms with Crippen molar-refractivity contribution in [1.29, 1.82) is 0 Å². The van der Waals surface area contributed by atoms with E-state index in [1.54, 1.807) is 0 Å². The average molecular weight is 254 g/mol. The van der Waals surface area contributed by atoms with Gasteiger partial charge in [0.1, 0.15) is 0 Å². The molecule has 1 atom stereocenters. The molecule has 3 heteroatoms. The summed E-state index contributed by atoms with van der Waals surface area (Å²) in [4.78, 5) is 3.85. The van der Waals surface area contributed by atoms with Crippen LogP contribution in [0.2, 0.25) is 0 Å². The third-order valence-corrected chi connectivity index (χ3v) is 4.82. The van der Waals surface area contributed by atoms with Crippen LogP contribution in [0, 0.1) is 0 Å². The highest BCUT2D eigenvalue weighted by Crippen LogP contribution is 2.18. The number of thiophene rings is 1. The first-order chi connectivity index (χ1) is 7.97. The molecule has 1 heterocycles. The molecule has 1 rings (SSSR count). The van der Waals surface area contributed by atoms with Gasteiger partial charge in [0.15, 0.2) is 0 Å². The van der Waals surface area contributed by atoms with Crippen LogP contribution in [0.3, 0.4) is 0 Å². The number of nitrogens with zero attached hydrogens (tertiary/aromatic N) is 1. The lowest BCUT2D eigenvalue weighted by Gasteiger charge is -2.35. The molecule has 98 valence electrons. The fourth-order valence-electron chi connectivity index (χ4n) is 1.66. The molecule has 0 saturated carbocycles. The third-order valence-electron chi connectivity index (χ3n) is 3.77. The summed E-state index contributed by atoms with van der Waals surface area (Å²) in [7, 11) is 2.21. The SMILES string of the molecule is CCC(C)(C)N(C)CCNC(C)c1cccs1. The molecule has 0 aromatic carbocycles. The topological polar surface area (TPSA) is 15.3 Å². The van der Waals surface area contributed by atoms with Gasteiger partial charge in [0.05, 0.1) is 0 Å². The van der Waals surface area contributed by atoms with Crippen molar-refractivity contribution in [3.05, 3.63) is 22.4 Å². The van der Waals surface area contributed by atoms with E-state index in [9.17, 15) is 0 Å². The fraction of sp³-hybridized carbons (Fsp3) is 0.714. The highest BCUT2D eigenvalue weighted by molar-refractivity contribution is 7.10. The second-order valence-electron chi connectivity index (χ2n) is 5.28. The maximum absolute atomic E-state index is 3.58. The Morgan fingerprint density at radius 1 is 1.47 bits per heavy atom. The Kier molecular flexibility index (Phi) is 5.63. The highest BCUT2D eigenvalue weighted by atomic mass is 32.1. The molecule has 1 aromatic heterocycles. The number of hydrogen-bond donors (Lipinski definition) is 1. The van der Waals surface area contributed by atoms with Gasteiger partial charge in [0.25, 0.3) is 0 Å². The number of nitrogens with one attached hydrogen (secondary N) is 1. The normalized spacial score (nSPS) is 14.2. The van der Waals surface area contributed by atoms with Gasteiger partial charge < -0.3 is 5.32 Å². The molecule has 0 aliphatic rings. The van der Waals surface area contributed by atoms with E-state index in [0.29, 0.717) is 11.6 Å². The van der Waals surface area contributed by atoms with E-state index in [1.165, 1.54) is 11.3 Å². The number of rotatable bonds is 7. The summed E-state index contributed by atoms with van der Waals surface area (Å²) in [5, 5.41) is 5.72. The van der Waals surface area contributed by atoms with Crippen molar-refractivity contribution in [2.75, 3.05) is 20.1 Å². The zero-order valence-electron chi connectivity index (χ0n) is 11.8. The van der Waals surface area contributed by atoms with Gasteiger partial charge in [-0.1, -0.05) is 13.0 Å². The molecule has 1 unspecified atom stereocenters. The number of likely N-dealkylation sites (N-methyl/N-ethyl adjacent to an activating group) is 1. The lowest BCUT2D eigenvalue weighted by atomic mass is 10.0. The Morgan fingerprint density at radius 3 is 2.71 bits per heavy atom. The van der Waals surface area contributed by atoms with Crippen LogP contribution in [-0.2, 0) is 0 Å².